The Morgan fingerprint density at radius 3 is 0.786 bits per heavy atom. The molecule has 0 aromatic carbocycles. The van der Waals surface area contributed by atoms with Gasteiger partial charge in [0.1, 0.15) is 13.2 Å². The van der Waals surface area contributed by atoms with Crippen LogP contribution in [0.2, 0.25) is 0 Å². The molecule has 0 aliphatic heterocycles. The maximum absolute atomic E-state index is 12.8. The molecule has 0 aliphatic rings. The molecule has 0 spiro atoms. The molecule has 0 N–H and O–H groups in total. The first-order valence-electron chi connectivity index (χ1n) is 31.3. The molecule has 1 unspecified atom stereocenters. The molecule has 0 saturated carbocycles. The standard InChI is InChI=1S/C64H120O6/c1-4-7-10-13-16-18-20-22-24-26-27-28-29-30-31-32-33-34-35-36-37-38-40-41-43-45-48-51-54-57-63(66)69-60-61(59-68-62(65)56-53-50-47-15-12-9-6-3)70-64(67)58-55-52-49-46-44-42-39-25-23-21-19-17-14-11-8-5-2/h20,22,26-27,61H,4-19,21,23-25,28-60H2,1-3H3/b22-20-,27-26-. The van der Waals surface area contributed by atoms with Crippen molar-refractivity contribution in [1.82, 2.24) is 0 Å². The normalized spacial score (nSPS) is 12.1. The molecule has 0 rings (SSSR count). The predicted molar refractivity (Wildman–Crippen MR) is 303 cm³/mol. The maximum Gasteiger partial charge on any atom is 0.306 e. The molecule has 0 bridgehead atoms. The van der Waals surface area contributed by atoms with Gasteiger partial charge in [0.25, 0.3) is 0 Å². The summed E-state index contributed by atoms with van der Waals surface area (Å²) in [6, 6.07) is 0. The maximum atomic E-state index is 12.8. The SMILES string of the molecule is CCCCCCC/C=C\C/C=C\CCCCCCCCCCCCCCCCCCCC(=O)OCC(COC(=O)CCCCCCCCC)OC(=O)CCCCCCCCCCCCCCCCCC. The van der Waals surface area contributed by atoms with Crippen LogP contribution in [0.3, 0.4) is 0 Å². The summed E-state index contributed by atoms with van der Waals surface area (Å²) >= 11 is 0. The minimum absolute atomic E-state index is 0.0649. The molecule has 0 aliphatic carbocycles. The average Bonchev–Trinajstić information content (AvgIpc) is 3.36. The number of esters is 3. The molecular formula is C64H120O6. The molecule has 6 heteroatoms. The van der Waals surface area contributed by atoms with Crippen molar-refractivity contribution in [2.24, 2.45) is 0 Å². The Bertz CT molecular complexity index is 1130. The summed E-state index contributed by atoms with van der Waals surface area (Å²) in [6.07, 6.45) is 70.7. The van der Waals surface area contributed by atoms with Crippen LogP contribution in [0, 0.1) is 0 Å². The highest BCUT2D eigenvalue weighted by molar-refractivity contribution is 5.71. The summed E-state index contributed by atoms with van der Waals surface area (Å²) in [4.78, 5) is 38.0. The fraction of sp³-hybridized carbons (Fsp3) is 0.891. The Balaban J connectivity index is 4.01. The highest BCUT2D eigenvalue weighted by Gasteiger charge is 2.19. The monoisotopic (exact) mass is 985 g/mol. The van der Waals surface area contributed by atoms with E-state index in [4.69, 9.17) is 14.2 Å². The van der Waals surface area contributed by atoms with Crippen molar-refractivity contribution in [3.8, 4) is 0 Å². The van der Waals surface area contributed by atoms with Crippen molar-refractivity contribution in [2.45, 2.75) is 354 Å². The first kappa shape index (κ1) is 67.9. The van der Waals surface area contributed by atoms with Gasteiger partial charge in [-0.2, -0.15) is 0 Å². The Labute approximate surface area is 436 Å². The third-order valence-electron chi connectivity index (χ3n) is 14.2. The predicted octanol–water partition coefficient (Wildman–Crippen LogP) is 21.1. The molecule has 0 heterocycles. The number of carbonyl (C=O) groups is 3. The van der Waals surface area contributed by atoms with Gasteiger partial charge < -0.3 is 14.2 Å². The van der Waals surface area contributed by atoms with E-state index in [-0.39, 0.29) is 31.1 Å². The van der Waals surface area contributed by atoms with Gasteiger partial charge in [-0.25, -0.2) is 0 Å². The van der Waals surface area contributed by atoms with Crippen LogP contribution in [0.15, 0.2) is 24.3 Å². The van der Waals surface area contributed by atoms with Gasteiger partial charge >= 0.3 is 17.9 Å². The van der Waals surface area contributed by atoms with Gasteiger partial charge in [0.15, 0.2) is 6.10 Å². The molecule has 412 valence electrons. The van der Waals surface area contributed by atoms with Crippen LogP contribution < -0.4 is 0 Å². The lowest BCUT2D eigenvalue weighted by Crippen LogP contribution is -2.30. The van der Waals surface area contributed by atoms with Crippen LogP contribution >= 0.6 is 0 Å². The molecule has 70 heavy (non-hydrogen) atoms. The number of carbonyl (C=O) groups excluding carboxylic acids is 3. The largest absolute Gasteiger partial charge is 0.462 e. The quantitative estimate of drug-likeness (QED) is 0.0261. The number of ether oxygens (including phenoxy) is 3. The number of allylic oxidation sites excluding steroid dienone is 4. The molecule has 0 radical (unpaired) electrons. The van der Waals surface area contributed by atoms with Crippen molar-refractivity contribution in [1.29, 1.82) is 0 Å². The van der Waals surface area contributed by atoms with E-state index in [1.165, 1.54) is 244 Å². The molecule has 0 fully saturated rings. The molecule has 0 amide bonds. The van der Waals surface area contributed by atoms with E-state index >= 15 is 0 Å². The third-order valence-corrected chi connectivity index (χ3v) is 14.2. The first-order chi connectivity index (χ1) is 34.5. The zero-order valence-electron chi connectivity index (χ0n) is 47.3. The fourth-order valence-corrected chi connectivity index (χ4v) is 9.48. The van der Waals surface area contributed by atoms with Crippen molar-refractivity contribution in [2.75, 3.05) is 13.2 Å². The summed E-state index contributed by atoms with van der Waals surface area (Å²) in [5.41, 5.74) is 0. The average molecular weight is 986 g/mol. The lowest BCUT2D eigenvalue weighted by atomic mass is 10.0. The van der Waals surface area contributed by atoms with E-state index in [1.807, 2.05) is 0 Å². The second-order valence-corrected chi connectivity index (χ2v) is 21.3. The summed E-state index contributed by atoms with van der Waals surface area (Å²) in [5.74, 6) is -0.848. The number of hydrogen-bond donors (Lipinski definition) is 0. The molecule has 1 atom stereocenters. The van der Waals surface area contributed by atoms with Gasteiger partial charge in [-0.1, -0.05) is 302 Å². The van der Waals surface area contributed by atoms with Gasteiger partial charge in [-0.3, -0.25) is 14.4 Å². The van der Waals surface area contributed by atoms with Gasteiger partial charge in [0.05, 0.1) is 0 Å². The Kier molecular flexibility index (Phi) is 57.7. The molecule has 0 aromatic heterocycles. The summed E-state index contributed by atoms with van der Waals surface area (Å²) in [7, 11) is 0. The van der Waals surface area contributed by atoms with Crippen molar-refractivity contribution >= 4 is 17.9 Å². The molecule has 6 nitrogen and oxygen atoms in total. The number of hydrogen-bond acceptors (Lipinski definition) is 6. The summed E-state index contributed by atoms with van der Waals surface area (Å²) in [5, 5.41) is 0. The van der Waals surface area contributed by atoms with Crippen molar-refractivity contribution in [3.05, 3.63) is 24.3 Å². The van der Waals surface area contributed by atoms with Crippen LogP contribution in [-0.4, -0.2) is 37.2 Å². The fourth-order valence-electron chi connectivity index (χ4n) is 9.48. The van der Waals surface area contributed by atoms with Crippen LogP contribution in [0.1, 0.15) is 348 Å². The first-order valence-corrected chi connectivity index (χ1v) is 31.3. The number of rotatable bonds is 58. The smallest absolute Gasteiger partial charge is 0.306 e. The lowest BCUT2D eigenvalue weighted by Gasteiger charge is -2.18. The van der Waals surface area contributed by atoms with Crippen LogP contribution in [0.25, 0.3) is 0 Å². The summed E-state index contributed by atoms with van der Waals surface area (Å²) < 4.78 is 16.8. The van der Waals surface area contributed by atoms with Crippen LogP contribution in [0.4, 0.5) is 0 Å². The lowest BCUT2D eigenvalue weighted by molar-refractivity contribution is -0.167. The Morgan fingerprint density at radius 2 is 0.514 bits per heavy atom. The minimum Gasteiger partial charge on any atom is -0.462 e. The molecule has 0 saturated heterocycles. The van der Waals surface area contributed by atoms with Crippen LogP contribution in [-0.2, 0) is 28.6 Å². The zero-order valence-corrected chi connectivity index (χ0v) is 47.3. The number of unbranched alkanes of at least 4 members (excludes halogenated alkanes) is 43. The van der Waals surface area contributed by atoms with Crippen molar-refractivity contribution in [3.63, 3.8) is 0 Å². The topological polar surface area (TPSA) is 78.9 Å². The van der Waals surface area contributed by atoms with Crippen molar-refractivity contribution < 1.29 is 28.6 Å². The highest BCUT2D eigenvalue weighted by Crippen LogP contribution is 2.18. The van der Waals surface area contributed by atoms with E-state index in [0.29, 0.717) is 19.3 Å². The Hall–Kier alpha value is -2.11. The van der Waals surface area contributed by atoms with E-state index in [2.05, 4.69) is 45.1 Å². The van der Waals surface area contributed by atoms with E-state index in [1.54, 1.807) is 0 Å². The third kappa shape index (κ3) is 56.8. The zero-order chi connectivity index (χ0) is 50.7. The molecule has 0 aromatic rings. The van der Waals surface area contributed by atoms with E-state index in [9.17, 15) is 14.4 Å². The highest BCUT2D eigenvalue weighted by atomic mass is 16.6. The second kappa shape index (κ2) is 59.5. The van der Waals surface area contributed by atoms with E-state index in [0.717, 1.165) is 64.2 Å². The van der Waals surface area contributed by atoms with E-state index < -0.39 is 6.10 Å². The van der Waals surface area contributed by atoms with Gasteiger partial charge in [0.2, 0.25) is 0 Å². The van der Waals surface area contributed by atoms with Crippen LogP contribution in [0.5, 0.6) is 0 Å². The Morgan fingerprint density at radius 1 is 0.286 bits per heavy atom. The summed E-state index contributed by atoms with van der Waals surface area (Å²) in [6.45, 7) is 6.64. The van der Waals surface area contributed by atoms with Gasteiger partial charge in [0, 0.05) is 19.3 Å². The minimum atomic E-state index is -0.763. The molecular weight excluding hydrogens is 865 g/mol. The van der Waals surface area contributed by atoms with Gasteiger partial charge in [-0.15, -0.1) is 0 Å². The second-order valence-electron chi connectivity index (χ2n) is 21.3. The van der Waals surface area contributed by atoms with Gasteiger partial charge in [-0.05, 0) is 51.4 Å².